The Morgan fingerprint density at radius 2 is 1.92 bits per heavy atom. The van der Waals surface area contributed by atoms with Crippen LogP contribution in [-0.4, -0.2) is 30.4 Å². The normalized spacial score (nSPS) is 12.1. The van der Waals surface area contributed by atoms with Crippen molar-refractivity contribution < 1.29 is 19.4 Å². The number of benzene rings is 2. The maximum absolute atomic E-state index is 11.5. The second-order valence-electron chi connectivity index (χ2n) is 5.72. The minimum Gasteiger partial charge on any atom is -0.491 e. The van der Waals surface area contributed by atoms with Crippen LogP contribution >= 0.6 is 0 Å². The van der Waals surface area contributed by atoms with E-state index in [1.165, 1.54) is 6.08 Å². The Hall–Kier alpha value is -2.59. The Balaban J connectivity index is 2.03. The highest BCUT2D eigenvalue weighted by Crippen LogP contribution is 2.19. The molecule has 1 atom stereocenters. The molecular weight excluding hydrogens is 316 g/mol. The molecule has 0 amide bonds. The van der Waals surface area contributed by atoms with Gasteiger partial charge in [-0.1, -0.05) is 36.4 Å². The van der Waals surface area contributed by atoms with Gasteiger partial charge in [0.2, 0.25) is 0 Å². The molecule has 0 saturated carbocycles. The molecule has 0 aliphatic rings. The van der Waals surface area contributed by atoms with E-state index in [1.807, 2.05) is 55.5 Å². The van der Waals surface area contributed by atoms with Gasteiger partial charge < -0.3 is 14.6 Å². The highest BCUT2D eigenvalue weighted by atomic mass is 16.5. The summed E-state index contributed by atoms with van der Waals surface area (Å²) >= 11 is 0. The second-order valence-corrected chi connectivity index (χ2v) is 5.72. The zero-order valence-electron chi connectivity index (χ0n) is 14.6. The van der Waals surface area contributed by atoms with Gasteiger partial charge in [0, 0.05) is 12.5 Å². The standard InChI is InChI=1S/C21H24O4/c1-3-24-21(23)13-12-20-16(2)8-7-9-17(20)14-18(22)15-25-19-10-5-4-6-11-19/h4-13,18,22H,3,14-15H2,1-2H3/b13-12+. The van der Waals surface area contributed by atoms with Crippen LogP contribution in [0.25, 0.3) is 6.08 Å². The van der Waals surface area contributed by atoms with Crippen LogP contribution in [0.15, 0.2) is 54.6 Å². The number of carbonyl (C=O) groups is 1. The zero-order valence-corrected chi connectivity index (χ0v) is 14.6. The van der Waals surface area contributed by atoms with Crippen LogP contribution in [0, 0.1) is 6.92 Å². The average molecular weight is 340 g/mol. The number of para-hydroxylation sites is 1. The lowest BCUT2D eigenvalue weighted by atomic mass is 9.97. The van der Waals surface area contributed by atoms with E-state index in [-0.39, 0.29) is 12.6 Å². The number of aliphatic hydroxyl groups excluding tert-OH is 1. The van der Waals surface area contributed by atoms with Gasteiger partial charge in [-0.2, -0.15) is 0 Å². The number of hydrogen-bond acceptors (Lipinski definition) is 4. The van der Waals surface area contributed by atoms with E-state index in [4.69, 9.17) is 9.47 Å². The summed E-state index contributed by atoms with van der Waals surface area (Å²) in [5.74, 6) is 0.359. The molecule has 0 heterocycles. The van der Waals surface area contributed by atoms with E-state index < -0.39 is 6.10 Å². The summed E-state index contributed by atoms with van der Waals surface area (Å²) in [6.45, 7) is 4.30. The molecule has 0 aliphatic heterocycles. The van der Waals surface area contributed by atoms with Crippen LogP contribution in [-0.2, 0) is 16.0 Å². The number of carbonyl (C=O) groups excluding carboxylic acids is 1. The molecule has 1 N–H and O–H groups in total. The third kappa shape index (κ3) is 6.08. The summed E-state index contributed by atoms with van der Waals surface area (Å²) in [6, 6.07) is 15.3. The zero-order chi connectivity index (χ0) is 18.1. The van der Waals surface area contributed by atoms with Crippen molar-refractivity contribution in [2.45, 2.75) is 26.4 Å². The summed E-state index contributed by atoms with van der Waals surface area (Å²) in [7, 11) is 0. The van der Waals surface area contributed by atoms with Crippen molar-refractivity contribution in [3.63, 3.8) is 0 Å². The Bertz CT molecular complexity index is 707. The van der Waals surface area contributed by atoms with E-state index >= 15 is 0 Å². The Labute approximate surface area is 148 Å². The van der Waals surface area contributed by atoms with Crippen LogP contribution in [0.2, 0.25) is 0 Å². The van der Waals surface area contributed by atoms with Crippen molar-refractivity contribution in [1.29, 1.82) is 0 Å². The first-order chi connectivity index (χ1) is 12.1. The fraction of sp³-hybridized carbons (Fsp3) is 0.286. The molecule has 132 valence electrons. The quantitative estimate of drug-likeness (QED) is 0.590. The van der Waals surface area contributed by atoms with E-state index in [0.29, 0.717) is 13.0 Å². The van der Waals surface area contributed by atoms with Gasteiger partial charge in [0.15, 0.2) is 0 Å². The van der Waals surface area contributed by atoms with Crippen molar-refractivity contribution in [3.05, 3.63) is 71.3 Å². The van der Waals surface area contributed by atoms with Gasteiger partial charge in [0.25, 0.3) is 0 Å². The highest BCUT2D eigenvalue weighted by molar-refractivity contribution is 5.87. The van der Waals surface area contributed by atoms with E-state index in [9.17, 15) is 9.90 Å². The van der Waals surface area contributed by atoms with Crippen LogP contribution in [0.5, 0.6) is 5.75 Å². The molecule has 2 rings (SSSR count). The van der Waals surface area contributed by atoms with Crippen molar-refractivity contribution in [1.82, 2.24) is 0 Å². The third-order valence-corrected chi connectivity index (χ3v) is 3.73. The van der Waals surface area contributed by atoms with Crippen LogP contribution < -0.4 is 4.74 Å². The smallest absolute Gasteiger partial charge is 0.330 e. The fourth-order valence-corrected chi connectivity index (χ4v) is 2.52. The molecule has 0 spiro atoms. The SMILES string of the molecule is CCOC(=O)/C=C/c1c(C)cccc1CC(O)COc1ccccc1. The van der Waals surface area contributed by atoms with Crippen LogP contribution in [0.1, 0.15) is 23.6 Å². The number of esters is 1. The lowest BCUT2D eigenvalue weighted by Gasteiger charge is -2.15. The molecule has 4 nitrogen and oxygen atoms in total. The summed E-state index contributed by atoms with van der Waals surface area (Å²) in [5, 5.41) is 10.3. The molecule has 0 bridgehead atoms. The Kier molecular flexibility index (Phi) is 7.23. The molecule has 2 aromatic rings. The Morgan fingerprint density at radius 1 is 1.16 bits per heavy atom. The van der Waals surface area contributed by atoms with Crippen molar-refractivity contribution >= 4 is 12.0 Å². The largest absolute Gasteiger partial charge is 0.491 e. The summed E-state index contributed by atoms with van der Waals surface area (Å²) in [6.07, 6.45) is 2.96. The van der Waals surface area contributed by atoms with Crippen molar-refractivity contribution in [2.24, 2.45) is 0 Å². The van der Waals surface area contributed by atoms with E-state index in [1.54, 1.807) is 13.0 Å². The molecule has 1 unspecified atom stereocenters. The van der Waals surface area contributed by atoms with Crippen LogP contribution in [0.3, 0.4) is 0 Å². The van der Waals surface area contributed by atoms with Gasteiger partial charge in [-0.3, -0.25) is 0 Å². The molecule has 0 aromatic heterocycles. The second kappa shape index (κ2) is 9.64. The lowest BCUT2D eigenvalue weighted by molar-refractivity contribution is -0.137. The summed E-state index contributed by atoms with van der Waals surface area (Å²) in [4.78, 5) is 11.5. The average Bonchev–Trinajstić information content (AvgIpc) is 2.60. The van der Waals surface area contributed by atoms with Gasteiger partial charge in [-0.25, -0.2) is 4.79 Å². The predicted octanol–water partition coefficient (Wildman–Crippen LogP) is 3.55. The monoisotopic (exact) mass is 340 g/mol. The van der Waals surface area contributed by atoms with E-state index in [2.05, 4.69) is 0 Å². The molecule has 0 radical (unpaired) electrons. The molecule has 25 heavy (non-hydrogen) atoms. The number of aryl methyl sites for hydroxylation is 1. The summed E-state index contributed by atoms with van der Waals surface area (Å²) in [5.41, 5.74) is 2.92. The van der Waals surface area contributed by atoms with Gasteiger partial charge >= 0.3 is 5.97 Å². The molecule has 4 heteroatoms. The van der Waals surface area contributed by atoms with Gasteiger partial charge in [0.05, 0.1) is 12.7 Å². The maximum Gasteiger partial charge on any atom is 0.330 e. The minimum absolute atomic E-state index is 0.207. The van der Waals surface area contributed by atoms with Crippen molar-refractivity contribution in [3.8, 4) is 5.75 Å². The Morgan fingerprint density at radius 3 is 2.64 bits per heavy atom. The molecule has 0 aliphatic carbocycles. The molecule has 0 saturated heterocycles. The summed E-state index contributed by atoms with van der Waals surface area (Å²) < 4.78 is 10.5. The predicted molar refractivity (Wildman–Crippen MR) is 98.5 cm³/mol. The number of hydrogen-bond donors (Lipinski definition) is 1. The van der Waals surface area contributed by atoms with Gasteiger partial charge in [0.1, 0.15) is 12.4 Å². The van der Waals surface area contributed by atoms with Crippen LogP contribution in [0.4, 0.5) is 0 Å². The fourth-order valence-electron chi connectivity index (χ4n) is 2.52. The first-order valence-electron chi connectivity index (χ1n) is 8.39. The first kappa shape index (κ1) is 18.7. The number of rotatable bonds is 8. The topological polar surface area (TPSA) is 55.8 Å². The first-order valence-corrected chi connectivity index (χ1v) is 8.39. The lowest BCUT2D eigenvalue weighted by Crippen LogP contribution is -2.20. The highest BCUT2D eigenvalue weighted by Gasteiger charge is 2.11. The third-order valence-electron chi connectivity index (χ3n) is 3.73. The minimum atomic E-state index is -0.642. The number of aliphatic hydroxyl groups is 1. The van der Waals surface area contributed by atoms with E-state index in [0.717, 1.165) is 22.4 Å². The van der Waals surface area contributed by atoms with Gasteiger partial charge in [-0.15, -0.1) is 0 Å². The van der Waals surface area contributed by atoms with Crippen molar-refractivity contribution in [2.75, 3.05) is 13.2 Å². The molecule has 2 aromatic carbocycles. The maximum atomic E-state index is 11.5. The van der Waals surface area contributed by atoms with Gasteiger partial charge in [-0.05, 0) is 48.7 Å². The number of ether oxygens (including phenoxy) is 2. The molecule has 0 fully saturated rings. The molecular formula is C21H24O4.